The van der Waals surface area contributed by atoms with Gasteiger partial charge in [0.1, 0.15) is 0 Å². The fourth-order valence-electron chi connectivity index (χ4n) is 1.64. The number of aryl methyl sites for hydroxylation is 1. The maximum Gasteiger partial charge on any atom is 0.272 e. The largest absolute Gasteiger partial charge is 0.349 e. The van der Waals surface area contributed by atoms with Crippen LogP contribution in [-0.2, 0) is 4.79 Å². The maximum absolute atomic E-state index is 11.7. The third-order valence-corrected chi connectivity index (χ3v) is 3.09. The molecule has 2 atom stereocenters. The summed E-state index contributed by atoms with van der Waals surface area (Å²) >= 11 is 0. The third kappa shape index (κ3) is 4.47. The summed E-state index contributed by atoms with van der Waals surface area (Å²) < 4.78 is 0. The first-order chi connectivity index (χ1) is 8.86. The molecule has 0 fully saturated rings. The molecule has 3 N–H and O–H groups in total. The van der Waals surface area contributed by atoms with Crippen LogP contribution in [0.3, 0.4) is 0 Å². The fraction of sp³-hybridized carbons (Fsp3) is 0.462. The standard InChI is InChI=1S/C13H19N3O3.ClH/c1-8-4-5-11(6-12(8)16(18)19)10(3)15-13(17)9(2)7-14;/h4-6,9-10H,7,14H2,1-3H3,(H,15,17);1H. The van der Waals surface area contributed by atoms with Crippen LogP contribution >= 0.6 is 12.4 Å². The number of rotatable bonds is 5. The molecule has 1 amide bonds. The number of nitro groups is 1. The second-order valence-corrected chi connectivity index (χ2v) is 4.67. The van der Waals surface area contributed by atoms with Crippen LogP contribution in [0.15, 0.2) is 18.2 Å². The second kappa shape index (κ2) is 7.81. The molecule has 0 aliphatic heterocycles. The van der Waals surface area contributed by atoms with E-state index in [0.717, 1.165) is 0 Å². The van der Waals surface area contributed by atoms with E-state index in [2.05, 4.69) is 5.32 Å². The Morgan fingerprint density at radius 1 is 1.45 bits per heavy atom. The van der Waals surface area contributed by atoms with Gasteiger partial charge in [0.25, 0.3) is 5.69 Å². The van der Waals surface area contributed by atoms with Crippen molar-refractivity contribution < 1.29 is 9.72 Å². The van der Waals surface area contributed by atoms with Crippen molar-refractivity contribution >= 4 is 24.0 Å². The van der Waals surface area contributed by atoms with E-state index in [1.54, 1.807) is 32.9 Å². The first kappa shape index (κ1) is 18.3. The molecule has 0 aromatic heterocycles. The van der Waals surface area contributed by atoms with E-state index < -0.39 is 4.92 Å². The van der Waals surface area contributed by atoms with Gasteiger partial charge in [-0.2, -0.15) is 0 Å². The minimum Gasteiger partial charge on any atom is -0.349 e. The Morgan fingerprint density at radius 2 is 2.05 bits per heavy atom. The molecule has 7 heteroatoms. The smallest absolute Gasteiger partial charge is 0.272 e. The normalized spacial score (nSPS) is 13.0. The van der Waals surface area contributed by atoms with E-state index in [9.17, 15) is 14.9 Å². The molecular formula is C13H20ClN3O3. The zero-order valence-electron chi connectivity index (χ0n) is 11.8. The second-order valence-electron chi connectivity index (χ2n) is 4.67. The average molecular weight is 302 g/mol. The van der Waals surface area contributed by atoms with Gasteiger partial charge >= 0.3 is 0 Å². The molecule has 0 saturated heterocycles. The van der Waals surface area contributed by atoms with Crippen LogP contribution in [-0.4, -0.2) is 17.4 Å². The van der Waals surface area contributed by atoms with Crippen molar-refractivity contribution in [3.8, 4) is 0 Å². The SMILES string of the molecule is Cc1ccc(C(C)NC(=O)C(C)CN)cc1[N+](=O)[O-].Cl. The van der Waals surface area contributed by atoms with Gasteiger partial charge in [0.15, 0.2) is 0 Å². The predicted octanol–water partition coefficient (Wildman–Crippen LogP) is 2.10. The lowest BCUT2D eigenvalue weighted by molar-refractivity contribution is -0.385. The fourth-order valence-corrected chi connectivity index (χ4v) is 1.64. The molecule has 0 aliphatic rings. The molecule has 2 unspecified atom stereocenters. The van der Waals surface area contributed by atoms with Crippen molar-refractivity contribution in [3.63, 3.8) is 0 Å². The van der Waals surface area contributed by atoms with Gasteiger partial charge in [-0.1, -0.05) is 19.1 Å². The Balaban J connectivity index is 0.00000361. The van der Waals surface area contributed by atoms with Crippen LogP contribution in [0.5, 0.6) is 0 Å². The minimum absolute atomic E-state index is 0. The first-order valence-corrected chi connectivity index (χ1v) is 6.12. The van der Waals surface area contributed by atoms with Crippen molar-refractivity contribution in [3.05, 3.63) is 39.4 Å². The molecule has 20 heavy (non-hydrogen) atoms. The summed E-state index contributed by atoms with van der Waals surface area (Å²) in [6, 6.07) is 4.66. The lowest BCUT2D eigenvalue weighted by Gasteiger charge is -2.17. The van der Waals surface area contributed by atoms with Crippen LogP contribution in [0.2, 0.25) is 0 Å². The molecule has 0 spiro atoms. The van der Waals surface area contributed by atoms with Gasteiger partial charge in [0.2, 0.25) is 5.91 Å². The number of benzene rings is 1. The lowest BCUT2D eigenvalue weighted by Crippen LogP contribution is -2.34. The lowest BCUT2D eigenvalue weighted by atomic mass is 10.0. The molecular weight excluding hydrogens is 282 g/mol. The highest BCUT2D eigenvalue weighted by Gasteiger charge is 2.17. The Bertz CT molecular complexity index is 494. The highest BCUT2D eigenvalue weighted by atomic mass is 35.5. The van der Waals surface area contributed by atoms with Gasteiger partial charge in [-0.05, 0) is 19.4 Å². The molecule has 0 bridgehead atoms. The zero-order valence-corrected chi connectivity index (χ0v) is 12.6. The van der Waals surface area contributed by atoms with Gasteiger partial charge in [-0.3, -0.25) is 14.9 Å². The van der Waals surface area contributed by atoms with Gasteiger partial charge in [0, 0.05) is 24.1 Å². The molecule has 0 radical (unpaired) electrons. The van der Waals surface area contributed by atoms with Crippen LogP contribution < -0.4 is 11.1 Å². The molecule has 1 rings (SSSR count). The molecule has 0 aliphatic carbocycles. The summed E-state index contributed by atoms with van der Waals surface area (Å²) in [6.07, 6.45) is 0. The highest BCUT2D eigenvalue weighted by molar-refractivity contribution is 5.85. The quantitative estimate of drug-likeness (QED) is 0.642. The number of amides is 1. The zero-order chi connectivity index (χ0) is 14.6. The van der Waals surface area contributed by atoms with Crippen LogP contribution in [0.1, 0.15) is 31.0 Å². The van der Waals surface area contributed by atoms with E-state index in [1.165, 1.54) is 6.07 Å². The number of carbonyl (C=O) groups is 1. The van der Waals surface area contributed by atoms with E-state index in [-0.39, 0.29) is 42.5 Å². The van der Waals surface area contributed by atoms with Crippen molar-refractivity contribution in [1.29, 1.82) is 0 Å². The number of nitrogens with two attached hydrogens (primary N) is 1. The number of hydrogen-bond acceptors (Lipinski definition) is 4. The van der Waals surface area contributed by atoms with E-state index in [1.807, 2.05) is 0 Å². The van der Waals surface area contributed by atoms with Crippen LogP contribution in [0.4, 0.5) is 5.69 Å². The van der Waals surface area contributed by atoms with Crippen molar-refractivity contribution in [2.24, 2.45) is 11.7 Å². The summed E-state index contributed by atoms with van der Waals surface area (Å²) in [6.45, 7) is 5.48. The van der Waals surface area contributed by atoms with Crippen molar-refractivity contribution in [1.82, 2.24) is 5.32 Å². The van der Waals surface area contributed by atoms with Crippen molar-refractivity contribution in [2.75, 3.05) is 6.54 Å². The third-order valence-electron chi connectivity index (χ3n) is 3.09. The number of halogens is 1. The van der Waals surface area contributed by atoms with Gasteiger partial charge in [-0.15, -0.1) is 12.4 Å². The first-order valence-electron chi connectivity index (χ1n) is 6.12. The summed E-state index contributed by atoms with van der Waals surface area (Å²) in [4.78, 5) is 22.2. The van der Waals surface area contributed by atoms with Gasteiger partial charge < -0.3 is 11.1 Å². The van der Waals surface area contributed by atoms with Crippen LogP contribution in [0, 0.1) is 23.0 Å². The monoisotopic (exact) mass is 301 g/mol. The van der Waals surface area contributed by atoms with Crippen molar-refractivity contribution in [2.45, 2.75) is 26.8 Å². The predicted molar refractivity (Wildman–Crippen MR) is 79.9 cm³/mol. The van der Waals surface area contributed by atoms with E-state index >= 15 is 0 Å². The molecule has 0 heterocycles. The number of nitrogens with one attached hydrogen (secondary N) is 1. The van der Waals surface area contributed by atoms with Gasteiger partial charge in [0.05, 0.1) is 11.0 Å². The summed E-state index contributed by atoms with van der Waals surface area (Å²) in [5, 5.41) is 13.7. The van der Waals surface area contributed by atoms with Gasteiger partial charge in [-0.25, -0.2) is 0 Å². The van der Waals surface area contributed by atoms with E-state index in [0.29, 0.717) is 11.1 Å². The Morgan fingerprint density at radius 3 is 2.55 bits per heavy atom. The Hall–Kier alpha value is -1.66. The number of carbonyl (C=O) groups excluding carboxylic acids is 1. The number of nitrogens with zero attached hydrogens (tertiary/aromatic N) is 1. The average Bonchev–Trinajstić information content (AvgIpc) is 2.37. The Kier molecular flexibility index (Phi) is 7.17. The minimum atomic E-state index is -0.421. The number of hydrogen-bond donors (Lipinski definition) is 2. The van der Waals surface area contributed by atoms with Crippen LogP contribution in [0.25, 0.3) is 0 Å². The topological polar surface area (TPSA) is 98.3 Å². The summed E-state index contributed by atoms with van der Waals surface area (Å²) in [5.74, 6) is -0.430. The summed E-state index contributed by atoms with van der Waals surface area (Å²) in [5.41, 5.74) is 6.78. The maximum atomic E-state index is 11.7. The highest BCUT2D eigenvalue weighted by Crippen LogP contribution is 2.23. The molecule has 112 valence electrons. The summed E-state index contributed by atoms with van der Waals surface area (Å²) in [7, 11) is 0. The molecule has 0 saturated carbocycles. The molecule has 1 aromatic carbocycles. The Labute approximate surface area is 124 Å². The number of nitro benzene ring substituents is 1. The van der Waals surface area contributed by atoms with E-state index in [4.69, 9.17) is 5.73 Å². The molecule has 1 aromatic rings. The molecule has 6 nitrogen and oxygen atoms in total.